The van der Waals surface area contributed by atoms with Crippen LogP contribution in [0, 0.1) is 0 Å². The number of hydrogen-bond acceptors (Lipinski definition) is 9. The second kappa shape index (κ2) is 15.7. The van der Waals surface area contributed by atoms with Crippen LogP contribution in [0.15, 0.2) is 29.3 Å². The molecule has 0 aliphatic carbocycles. The number of alkyl halides is 2. The molecule has 14 heteroatoms. The first-order valence-corrected chi connectivity index (χ1v) is 20.0. The first kappa shape index (κ1) is 36.8. The Balaban J connectivity index is 1.05. The molecule has 0 spiro atoms. The van der Waals surface area contributed by atoms with Gasteiger partial charge in [0.1, 0.15) is 12.3 Å². The highest BCUT2D eigenvalue weighted by atomic mass is 31.2. The van der Waals surface area contributed by atoms with Crippen LogP contribution in [-0.4, -0.2) is 117 Å². The van der Waals surface area contributed by atoms with E-state index in [-0.39, 0.29) is 69.2 Å². The van der Waals surface area contributed by atoms with Crippen molar-refractivity contribution in [2.24, 2.45) is 4.99 Å². The number of halogens is 2. The molecule has 0 radical (unpaired) electrons. The van der Waals surface area contributed by atoms with Crippen LogP contribution in [0.2, 0.25) is 0 Å². The topological polar surface area (TPSA) is 124 Å². The number of carbonyl (C=O) groups is 3. The molecule has 3 unspecified atom stereocenters. The Kier molecular flexibility index (Phi) is 11.3. The second-order valence-electron chi connectivity index (χ2n) is 13.8. The monoisotopic (exact) mass is 729 g/mol. The molecule has 5 atom stereocenters. The van der Waals surface area contributed by atoms with Gasteiger partial charge < -0.3 is 33.3 Å². The summed E-state index contributed by atoms with van der Waals surface area (Å²) in [5.41, 5.74) is 1.62. The van der Waals surface area contributed by atoms with Gasteiger partial charge in [0.15, 0.2) is 28.8 Å². The third-order valence-corrected chi connectivity index (χ3v) is 13.6. The van der Waals surface area contributed by atoms with E-state index in [1.165, 1.54) is 24.0 Å². The molecule has 6 rings (SSSR count). The van der Waals surface area contributed by atoms with Crippen LogP contribution < -0.4 is 18.9 Å². The SMILES string of the molecule is CCCCP(=O)(CCCOc1cc2c(cc1OC)C(=O)N1CC(F)C[C@H]1C(=O)C2)CCCOc1cc2c(cc1OC)C(=O)N1CC(F)C[C@H]1C=N2. The Bertz CT molecular complexity index is 1740. The Morgan fingerprint density at radius 3 is 2.04 bits per heavy atom. The molecule has 11 nitrogen and oxygen atoms in total. The van der Waals surface area contributed by atoms with E-state index in [4.69, 9.17) is 18.9 Å². The third kappa shape index (κ3) is 7.93. The Morgan fingerprint density at radius 2 is 1.37 bits per heavy atom. The van der Waals surface area contributed by atoms with E-state index in [0.29, 0.717) is 76.7 Å². The average Bonchev–Trinajstić information content (AvgIpc) is 3.65. The van der Waals surface area contributed by atoms with Crippen molar-refractivity contribution in [3.05, 3.63) is 41.0 Å². The molecule has 51 heavy (non-hydrogen) atoms. The fourth-order valence-electron chi connectivity index (χ4n) is 7.45. The van der Waals surface area contributed by atoms with Gasteiger partial charge in [-0.05, 0) is 43.0 Å². The summed E-state index contributed by atoms with van der Waals surface area (Å²) in [6.45, 7) is 2.55. The van der Waals surface area contributed by atoms with Crippen molar-refractivity contribution < 1.29 is 46.7 Å². The molecule has 0 bridgehead atoms. The zero-order valence-corrected chi connectivity index (χ0v) is 30.3. The summed E-state index contributed by atoms with van der Waals surface area (Å²) in [5, 5.41) is 0. The fraction of sp³-hybridized carbons (Fsp3) is 0.568. The molecule has 0 aromatic heterocycles. The number of fused-ring (bicyclic) bond motifs is 4. The van der Waals surface area contributed by atoms with E-state index in [1.54, 1.807) is 30.5 Å². The maximum atomic E-state index is 14.1. The highest BCUT2D eigenvalue weighted by Crippen LogP contribution is 2.48. The number of amides is 2. The van der Waals surface area contributed by atoms with Gasteiger partial charge in [-0.3, -0.25) is 19.4 Å². The van der Waals surface area contributed by atoms with E-state index in [0.717, 1.165) is 12.8 Å². The molecular weight excluding hydrogens is 683 g/mol. The van der Waals surface area contributed by atoms with Gasteiger partial charge in [0.2, 0.25) is 0 Å². The van der Waals surface area contributed by atoms with Gasteiger partial charge in [-0.25, -0.2) is 8.78 Å². The van der Waals surface area contributed by atoms with Crippen LogP contribution in [0.25, 0.3) is 0 Å². The van der Waals surface area contributed by atoms with E-state index < -0.39 is 25.5 Å². The molecule has 2 aromatic carbocycles. The van der Waals surface area contributed by atoms with Gasteiger partial charge in [0.05, 0.1) is 71.0 Å². The standard InChI is InChI=1S/C37H46F2N3O8P/c1-4-5-10-51(46,12-7-9-50-35-19-29-28(18-33(35)48-3)37(45)41-21-24(38)15-26(41)20-40-29)11-6-8-49-34-14-23-13-31(43)30-16-25(39)22-42(30)36(44)27(23)17-32(34)47-2/h14,17-20,24-26,30H,4-13,15-16,21-22H2,1-3H3/t24?,25?,26-,30-,51?/m0/s1. The van der Waals surface area contributed by atoms with Crippen LogP contribution in [-0.2, 0) is 15.8 Å². The largest absolute Gasteiger partial charge is 0.493 e. The first-order valence-electron chi connectivity index (χ1n) is 17.8. The van der Waals surface area contributed by atoms with Crippen LogP contribution >= 0.6 is 7.14 Å². The van der Waals surface area contributed by atoms with E-state index in [9.17, 15) is 27.7 Å². The molecule has 2 amide bonds. The van der Waals surface area contributed by atoms with Crippen molar-refractivity contribution >= 4 is 36.6 Å². The lowest BCUT2D eigenvalue weighted by Gasteiger charge is -2.21. The minimum absolute atomic E-state index is 0.00614. The van der Waals surface area contributed by atoms with E-state index in [1.807, 2.05) is 0 Å². The molecule has 4 aliphatic rings. The first-order chi connectivity index (χ1) is 24.5. The quantitative estimate of drug-likeness (QED) is 0.160. The lowest BCUT2D eigenvalue weighted by molar-refractivity contribution is -0.121. The lowest BCUT2D eigenvalue weighted by atomic mass is 9.99. The third-order valence-electron chi connectivity index (χ3n) is 10.2. The molecule has 276 valence electrons. The molecule has 0 saturated carbocycles. The van der Waals surface area contributed by atoms with Crippen molar-refractivity contribution in [1.29, 1.82) is 0 Å². The van der Waals surface area contributed by atoms with Crippen molar-refractivity contribution in [3.63, 3.8) is 0 Å². The van der Waals surface area contributed by atoms with Gasteiger partial charge in [-0.2, -0.15) is 0 Å². The molecule has 0 N–H and O–H groups in total. The summed E-state index contributed by atoms with van der Waals surface area (Å²) in [5.74, 6) is 0.665. The summed E-state index contributed by atoms with van der Waals surface area (Å²) >= 11 is 0. The number of aliphatic imine (C=N–C) groups is 1. The zero-order chi connectivity index (χ0) is 36.3. The number of ketones is 1. The van der Waals surface area contributed by atoms with E-state index >= 15 is 0 Å². The molecular formula is C37H46F2N3O8P. The van der Waals surface area contributed by atoms with Crippen LogP contribution in [0.3, 0.4) is 0 Å². The molecule has 2 fully saturated rings. The summed E-state index contributed by atoms with van der Waals surface area (Å²) < 4.78 is 65.3. The number of ether oxygens (including phenoxy) is 4. The highest BCUT2D eigenvalue weighted by Gasteiger charge is 2.43. The van der Waals surface area contributed by atoms with Crippen LogP contribution in [0.5, 0.6) is 23.0 Å². The number of carbonyl (C=O) groups excluding carboxylic acids is 3. The maximum absolute atomic E-state index is 14.1. The minimum Gasteiger partial charge on any atom is -0.493 e. The number of hydrogen-bond donors (Lipinski definition) is 0. The van der Waals surface area contributed by atoms with Gasteiger partial charge in [-0.1, -0.05) is 13.3 Å². The van der Waals surface area contributed by atoms with Gasteiger partial charge in [0.25, 0.3) is 11.8 Å². The summed E-state index contributed by atoms with van der Waals surface area (Å²) in [6.07, 6.45) is 3.99. The molecule has 2 aromatic rings. The van der Waals surface area contributed by atoms with Crippen molar-refractivity contribution in [3.8, 4) is 23.0 Å². The van der Waals surface area contributed by atoms with E-state index in [2.05, 4.69) is 11.9 Å². The Hall–Kier alpha value is -3.99. The summed E-state index contributed by atoms with van der Waals surface area (Å²) in [7, 11) is 0.382. The predicted molar refractivity (Wildman–Crippen MR) is 189 cm³/mol. The van der Waals surface area contributed by atoms with Gasteiger partial charge >= 0.3 is 0 Å². The molecule has 4 aliphatic heterocycles. The maximum Gasteiger partial charge on any atom is 0.256 e. The number of unbranched alkanes of at least 4 members (excludes halogenated alkanes) is 1. The van der Waals surface area contributed by atoms with Crippen molar-refractivity contribution in [2.75, 3.05) is 59.0 Å². The van der Waals surface area contributed by atoms with Crippen LogP contribution in [0.4, 0.5) is 14.5 Å². The van der Waals surface area contributed by atoms with Crippen molar-refractivity contribution in [2.45, 2.75) is 76.3 Å². The van der Waals surface area contributed by atoms with Gasteiger partial charge in [-0.15, -0.1) is 0 Å². The van der Waals surface area contributed by atoms with Crippen LogP contribution in [0.1, 0.15) is 71.7 Å². The van der Waals surface area contributed by atoms with Crippen molar-refractivity contribution in [1.82, 2.24) is 9.80 Å². The number of benzene rings is 2. The highest BCUT2D eigenvalue weighted by molar-refractivity contribution is 7.63. The normalized spacial score (nSPS) is 23.5. The minimum atomic E-state index is -2.57. The predicted octanol–water partition coefficient (Wildman–Crippen LogP) is 6.05. The molecule has 2 saturated heterocycles. The summed E-state index contributed by atoms with van der Waals surface area (Å²) in [4.78, 5) is 46.6. The number of rotatable bonds is 15. The Morgan fingerprint density at radius 1 is 0.784 bits per heavy atom. The second-order valence-corrected chi connectivity index (χ2v) is 17.2. The number of methoxy groups -OCH3 is 2. The summed E-state index contributed by atoms with van der Waals surface area (Å²) in [6, 6.07) is 5.33. The number of Topliss-reactive ketones (excluding diaryl/α,β-unsaturated/α-hetero) is 1. The molecule has 4 heterocycles. The zero-order valence-electron chi connectivity index (χ0n) is 29.4. The average molecular weight is 730 g/mol. The number of nitrogens with zero attached hydrogens (tertiary/aromatic N) is 3. The van der Waals surface area contributed by atoms with Gasteiger partial charge in [0, 0.05) is 55.6 Å². The smallest absolute Gasteiger partial charge is 0.256 e. The Labute approximate surface area is 297 Å². The lowest BCUT2D eigenvalue weighted by Crippen LogP contribution is -2.38. The fourth-order valence-corrected chi connectivity index (χ4v) is 10.4.